The molecule has 0 saturated heterocycles. The number of methoxy groups -OCH3 is 1. The normalized spacial score (nSPS) is 10.5. The molecule has 1 aromatic heterocycles. The molecule has 1 rings (SSSR count). The molecule has 1 heterocycles. The first-order valence-electron chi connectivity index (χ1n) is 6.13. The van der Waals surface area contributed by atoms with Gasteiger partial charge < -0.3 is 20.3 Å². The van der Waals surface area contributed by atoms with E-state index in [1.807, 2.05) is 14.1 Å². The number of likely N-dealkylation sites (N-methyl/N-ethyl adjacent to an activating group) is 1. The number of hydrogen-bond donors (Lipinski definition) is 2. The highest BCUT2D eigenvalue weighted by molar-refractivity contribution is 5.92. The lowest BCUT2D eigenvalue weighted by Crippen LogP contribution is -2.28. The molecule has 0 aliphatic heterocycles. The molecule has 0 atom stereocenters. The molecule has 0 unspecified atom stereocenters. The van der Waals surface area contributed by atoms with Crippen LogP contribution in [0.1, 0.15) is 10.5 Å². The van der Waals surface area contributed by atoms with Gasteiger partial charge in [-0.2, -0.15) is 0 Å². The van der Waals surface area contributed by atoms with Gasteiger partial charge >= 0.3 is 0 Å². The standard InChI is InChI=1S/C12H21N5O2/c1-17(2)8-6-13-11-5-4-10(15-16-11)12(18)14-7-9-19-3/h4-5H,6-9H2,1-3H3,(H,13,16)(H,14,18). The second kappa shape index (κ2) is 8.39. The van der Waals surface area contributed by atoms with Crippen molar-refractivity contribution in [2.24, 2.45) is 0 Å². The maximum Gasteiger partial charge on any atom is 0.271 e. The second-order valence-corrected chi connectivity index (χ2v) is 4.28. The van der Waals surface area contributed by atoms with Gasteiger partial charge in [-0.15, -0.1) is 10.2 Å². The summed E-state index contributed by atoms with van der Waals surface area (Å²) >= 11 is 0. The molecular weight excluding hydrogens is 246 g/mol. The van der Waals surface area contributed by atoms with Gasteiger partial charge in [-0.1, -0.05) is 0 Å². The SMILES string of the molecule is COCCNC(=O)c1ccc(NCCN(C)C)nn1. The Balaban J connectivity index is 2.40. The third-order valence-corrected chi connectivity index (χ3v) is 2.35. The zero-order valence-electron chi connectivity index (χ0n) is 11.6. The lowest BCUT2D eigenvalue weighted by Gasteiger charge is -2.10. The molecule has 0 aliphatic rings. The summed E-state index contributed by atoms with van der Waals surface area (Å²) in [5, 5.41) is 13.6. The number of anilines is 1. The Labute approximate surface area is 113 Å². The van der Waals surface area contributed by atoms with Gasteiger partial charge in [-0.05, 0) is 26.2 Å². The summed E-state index contributed by atoms with van der Waals surface area (Å²) in [7, 11) is 5.59. The summed E-state index contributed by atoms with van der Waals surface area (Å²) in [5.74, 6) is 0.416. The Morgan fingerprint density at radius 1 is 1.32 bits per heavy atom. The minimum atomic E-state index is -0.246. The highest BCUT2D eigenvalue weighted by Gasteiger charge is 2.07. The van der Waals surface area contributed by atoms with E-state index >= 15 is 0 Å². The van der Waals surface area contributed by atoms with E-state index in [0.717, 1.165) is 13.1 Å². The van der Waals surface area contributed by atoms with Gasteiger partial charge in [0.05, 0.1) is 6.61 Å². The summed E-state index contributed by atoms with van der Waals surface area (Å²) in [6.45, 7) is 2.62. The van der Waals surface area contributed by atoms with Crippen molar-refractivity contribution >= 4 is 11.7 Å². The first-order chi connectivity index (χ1) is 9.13. The van der Waals surface area contributed by atoms with Gasteiger partial charge in [0, 0.05) is 26.7 Å². The van der Waals surface area contributed by atoms with Crippen LogP contribution in [0, 0.1) is 0 Å². The second-order valence-electron chi connectivity index (χ2n) is 4.28. The molecule has 106 valence electrons. The molecule has 0 fully saturated rings. The van der Waals surface area contributed by atoms with Gasteiger partial charge in [0.2, 0.25) is 0 Å². The largest absolute Gasteiger partial charge is 0.383 e. The molecular formula is C12H21N5O2. The zero-order valence-corrected chi connectivity index (χ0v) is 11.6. The zero-order chi connectivity index (χ0) is 14.1. The van der Waals surface area contributed by atoms with Crippen LogP contribution >= 0.6 is 0 Å². The number of nitrogens with zero attached hydrogens (tertiary/aromatic N) is 3. The third kappa shape index (κ3) is 6.12. The molecule has 0 bridgehead atoms. The predicted octanol–water partition coefficient (Wildman–Crippen LogP) is -0.174. The van der Waals surface area contributed by atoms with Crippen LogP contribution in [0.4, 0.5) is 5.82 Å². The lowest BCUT2D eigenvalue weighted by atomic mass is 10.3. The molecule has 19 heavy (non-hydrogen) atoms. The van der Waals surface area contributed by atoms with Gasteiger partial charge in [-0.3, -0.25) is 4.79 Å². The molecule has 1 amide bonds. The quantitative estimate of drug-likeness (QED) is 0.636. The van der Waals surface area contributed by atoms with Crippen LogP contribution in [0.2, 0.25) is 0 Å². The topological polar surface area (TPSA) is 79.4 Å². The average Bonchev–Trinajstić information content (AvgIpc) is 2.39. The molecule has 2 N–H and O–H groups in total. The van der Waals surface area contributed by atoms with Crippen LogP contribution in [0.15, 0.2) is 12.1 Å². The minimum Gasteiger partial charge on any atom is -0.383 e. The molecule has 0 radical (unpaired) electrons. The Hall–Kier alpha value is -1.73. The van der Waals surface area contributed by atoms with E-state index in [2.05, 4.69) is 25.7 Å². The van der Waals surface area contributed by atoms with Crippen molar-refractivity contribution in [3.8, 4) is 0 Å². The smallest absolute Gasteiger partial charge is 0.271 e. The van der Waals surface area contributed by atoms with Crippen LogP contribution < -0.4 is 10.6 Å². The van der Waals surface area contributed by atoms with Crippen molar-refractivity contribution in [3.63, 3.8) is 0 Å². The number of nitrogens with one attached hydrogen (secondary N) is 2. The Kier molecular flexibility index (Phi) is 6.76. The van der Waals surface area contributed by atoms with Crippen molar-refractivity contribution in [2.45, 2.75) is 0 Å². The van der Waals surface area contributed by atoms with Gasteiger partial charge in [-0.25, -0.2) is 0 Å². The summed E-state index contributed by atoms with van der Waals surface area (Å²) in [6.07, 6.45) is 0. The fourth-order valence-electron chi connectivity index (χ4n) is 1.31. The minimum absolute atomic E-state index is 0.246. The number of hydrogen-bond acceptors (Lipinski definition) is 6. The van der Waals surface area contributed by atoms with Gasteiger partial charge in [0.1, 0.15) is 5.82 Å². The number of aromatic nitrogens is 2. The number of carbonyl (C=O) groups excluding carboxylic acids is 1. The van der Waals surface area contributed by atoms with Crippen LogP contribution in [0.3, 0.4) is 0 Å². The van der Waals surface area contributed by atoms with Gasteiger partial charge in [0.15, 0.2) is 5.69 Å². The number of ether oxygens (including phenoxy) is 1. The average molecular weight is 267 g/mol. The summed E-state index contributed by atoms with van der Waals surface area (Å²) < 4.78 is 4.85. The molecule has 0 aliphatic carbocycles. The third-order valence-electron chi connectivity index (χ3n) is 2.35. The molecule has 0 spiro atoms. The van der Waals surface area contributed by atoms with Crippen molar-refractivity contribution in [2.75, 3.05) is 52.8 Å². The molecule has 7 nitrogen and oxygen atoms in total. The maximum absolute atomic E-state index is 11.6. The van der Waals surface area contributed by atoms with Crippen LogP contribution in [0.5, 0.6) is 0 Å². The van der Waals surface area contributed by atoms with Crippen molar-refractivity contribution in [1.29, 1.82) is 0 Å². The van der Waals surface area contributed by atoms with Crippen LogP contribution in [-0.4, -0.2) is 68.5 Å². The highest BCUT2D eigenvalue weighted by Crippen LogP contribution is 2.01. The molecule has 0 saturated carbocycles. The summed E-state index contributed by atoms with van der Waals surface area (Å²) in [6, 6.07) is 3.39. The van der Waals surface area contributed by atoms with E-state index in [9.17, 15) is 4.79 Å². The summed E-state index contributed by atoms with van der Waals surface area (Å²) in [5.41, 5.74) is 0.300. The Bertz CT molecular complexity index is 380. The number of amides is 1. The fraction of sp³-hybridized carbons (Fsp3) is 0.583. The first kappa shape index (κ1) is 15.3. The van der Waals surface area contributed by atoms with E-state index in [-0.39, 0.29) is 5.91 Å². The monoisotopic (exact) mass is 267 g/mol. The highest BCUT2D eigenvalue weighted by atomic mass is 16.5. The van der Waals surface area contributed by atoms with E-state index in [4.69, 9.17) is 4.74 Å². The van der Waals surface area contributed by atoms with Crippen molar-refractivity contribution in [1.82, 2.24) is 20.4 Å². The lowest BCUT2D eigenvalue weighted by molar-refractivity contribution is 0.0931. The van der Waals surface area contributed by atoms with E-state index < -0.39 is 0 Å². The van der Waals surface area contributed by atoms with Crippen LogP contribution in [-0.2, 0) is 4.74 Å². The molecule has 1 aromatic rings. The van der Waals surface area contributed by atoms with Crippen LogP contribution in [0.25, 0.3) is 0 Å². The number of carbonyl (C=O) groups is 1. The van der Waals surface area contributed by atoms with Crippen molar-refractivity contribution in [3.05, 3.63) is 17.8 Å². The van der Waals surface area contributed by atoms with Gasteiger partial charge in [0.25, 0.3) is 5.91 Å². The molecule has 0 aromatic carbocycles. The Morgan fingerprint density at radius 3 is 2.68 bits per heavy atom. The van der Waals surface area contributed by atoms with E-state index in [1.165, 1.54) is 0 Å². The van der Waals surface area contributed by atoms with E-state index in [0.29, 0.717) is 24.7 Å². The van der Waals surface area contributed by atoms with Crippen molar-refractivity contribution < 1.29 is 9.53 Å². The summed E-state index contributed by atoms with van der Waals surface area (Å²) in [4.78, 5) is 13.7. The Morgan fingerprint density at radius 2 is 2.11 bits per heavy atom. The van der Waals surface area contributed by atoms with E-state index in [1.54, 1.807) is 19.2 Å². The first-order valence-corrected chi connectivity index (χ1v) is 6.13. The predicted molar refractivity (Wildman–Crippen MR) is 73.3 cm³/mol. The maximum atomic E-state index is 11.6. The number of rotatable bonds is 8. The molecule has 7 heteroatoms. The fourth-order valence-corrected chi connectivity index (χ4v) is 1.31.